The maximum Gasteiger partial charge on any atom is 0.331 e. The standard InChI is InChI=1S/C17H17N3O7/c18-6-9-11(8-4-2-1-3-5-8)19-17(26)20(15(9)25)16-14(24)13(23)12(22)10(7-21)27-16/h1-5,10,12-14,16,21-24H,7H2,(H,19,26). The highest BCUT2D eigenvalue weighted by Gasteiger charge is 2.45. The van der Waals surface area contributed by atoms with Crippen LogP contribution in [-0.4, -0.2) is 61.0 Å². The molecule has 10 heteroatoms. The van der Waals surface area contributed by atoms with Crippen molar-refractivity contribution in [2.24, 2.45) is 0 Å². The highest BCUT2D eigenvalue weighted by molar-refractivity contribution is 5.65. The zero-order chi connectivity index (χ0) is 19.7. The molecule has 0 amide bonds. The minimum Gasteiger partial charge on any atom is -0.394 e. The quantitative estimate of drug-likeness (QED) is 0.412. The molecule has 0 saturated carbocycles. The summed E-state index contributed by atoms with van der Waals surface area (Å²) < 4.78 is 5.70. The predicted molar refractivity (Wildman–Crippen MR) is 90.5 cm³/mol. The van der Waals surface area contributed by atoms with Crippen LogP contribution in [0.4, 0.5) is 0 Å². The van der Waals surface area contributed by atoms with E-state index in [1.54, 1.807) is 36.4 Å². The Hall–Kier alpha value is -2.81. The van der Waals surface area contributed by atoms with Gasteiger partial charge in [0.1, 0.15) is 36.0 Å². The van der Waals surface area contributed by atoms with E-state index in [1.165, 1.54) is 0 Å². The lowest BCUT2D eigenvalue weighted by Crippen LogP contribution is -2.59. The molecule has 1 aromatic carbocycles. The van der Waals surface area contributed by atoms with Gasteiger partial charge in [0.15, 0.2) is 6.23 Å². The molecule has 1 saturated heterocycles. The summed E-state index contributed by atoms with van der Waals surface area (Å²) in [4.78, 5) is 27.7. The third kappa shape index (κ3) is 3.18. The fourth-order valence-electron chi connectivity index (χ4n) is 3.00. The molecule has 1 aromatic heterocycles. The molecule has 0 spiro atoms. The first kappa shape index (κ1) is 19.0. The molecule has 0 bridgehead atoms. The zero-order valence-corrected chi connectivity index (χ0v) is 13.9. The number of aliphatic hydroxyl groups excluding tert-OH is 4. The number of aromatic nitrogens is 2. The number of hydrogen-bond donors (Lipinski definition) is 5. The Morgan fingerprint density at radius 2 is 1.78 bits per heavy atom. The van der Waals surface area contributed by atoms with Crippen LogP contribution >= 0.6 is 0 Å². The van der Waals surface area contributed by atoms with Gasteiger partial charge in [-0.25, -0.2) is 9.36 Å². The van der Waals surface area contributed by atoms with E-state index in [9.17, 15) is 35.3 Å². The van der Waals surface area contributed by atoms with Gasteiger partial charge in [-0.1, -0.05) is 30.3 Å². The zero-order valence-electron chi connectivity index (χ0n) is 13.9. The summed E-state index contributed by atoms with van der Waals surface area (Å²) in [7, 11) is 0. The lowest BCUT2D eigenvalue weighted by Gasteiger charge is -2.40. The van der Waals surface area contributed by atoms with Crippen molar-refractivity contribution in [1.29, 1.82) is 5.26 Å². The van der Waals surface area contributed by atoms with Crippen LogP contribution in [0.3, 0.4) is 0 Å². The molecule has 5 atom stereocenters. The molecule has 5 unspecified atom stereocenters. The van der Waals surface area contributed by atoms with Crippen LogP contribution in [0.15, 0.2) is 39.9 Å². The van der Waals surface area contributed by atoms with Crippen molar-refractivity contribution in [3.05, 3.63) is 56.7 Å². The van der Waals surface area contributed by atoms with Crippen LogP contribution in [0, 0.1) is 11.3 Å². The molecule has 5 N–H and O–H groups in total. The lowest BCUT2D eigenvalue weighted by molar-refractivity contribution is -0.252. The number of H-pyrrole nitrogens is 1. The Morgan fingerprint density at radius 3 is 2.37 bits per heavy atom. The van der Waals surface area contributed by atoms with Gasteiger partial charge in [0.25, 0.3) is 5.56 Å². The number of hydrogen-bond acceptors (Lipinski definition) is 8. The molecule has 27 heavy (non-hydrogen) atoms. The minimum atomic E-state index is -1.84. The molecule has 1 aliphatic rings. The molecule has 142 valence electrons. The highest BCUT2D eigenvalue weighted by Crippen LogP contribution is 2.27. The second kappa shape index (κ2) is 7.43. The third-order valence-corrected chi connectivity index (χ3v) is 4.43. The van der Waals surface area contributed by atoms with Gasteiger partial charge in [-0.15, -0.1) is 0 Å². The van der Waals surface area contributed by atoms with Gasteiger partial charge in [-0.2, -0.15) is 5.26 Å². The van der Waals surface area contributed by atoms with Crippen LogP contribution in [0.1, 0.15) is 11.8 Å². The van der Waals surface area contributed by atoms with Crippen molar-refractivity contribution in [2.75, 3.05) is 6.61 Å². The predicted octanol–water partition coefficient (Wildman–Crippen LogP) is -1.95. The van der Waals surface area contributed by atoms with Crippen LogP contribution in [0.25, 0.3) is 11.3 Å². The molecule has 0 radical (unpaired) electrons. The Morgan fingerprint density at radius 1 is 1.11 bits per heavy atom. The van der Waals surface area contributed by atoms with Gasteiger partial charge in [0.2, 0.25) is 0 Å². The van der Waals surface area contributed by atoms with Gasteiger partial charge in [0, 0.05) is 0 Å². The number of benzene rings is 1. The van der Waals surface area contributed by atoms with Gasteiger partial charge < -0.3 is 30.1 Å². The number of aliphatic hydroxyl groups is 4. The average molecular weight is 375 g/mol. The number of nitrogens with one attached hydrogen (secondary N) is 1. The van der Waals surface area contributed by atoms with Crippen molar-refractivity contribution in [3.63, 3.8) is 0 Å². The topological polar surface area (TPSA) is 169 Å². The first-order chi connectivity index (χ1) is 12.9. The van der Waals surface area contributed by atoms with Crippen molar-refractivity contribution in [1.82, 2.24) is 9.55 Å². The van der Waals surface area contributed by atoms with E-state index in [0.717, 1.165) is 0 Å². The van der Waals surface area contributed by atoms with E-state index < -0.39 is 54.1 Å². The number of nitrogens with zero attached hydrogens (tertiary/aromatic N) is 2. The van der Waals surface area contributed by atoms with E-state index in [0.29, 0.717) is 10.1 Å². The first-order valence-corrected chi connectivity index (χ1v) is 8.05. The number of nitriles is 1. The number of ether oxygens (including phenoxy) is 1. The number of rotatable bonds is 3. The minimum absolute atomic E-state index is 0.00828. The summed E-state index contributed by atoms with van der Waals surface area (Å²) in [6.45, 7) is -0.721. The fourth-order valence-corrected chi connectivity index (χ4v) is 3.00. The second-order valence-electron chi connectivity index (χ2n) is 6.05. The van der Waals surface area contributed by atoms with E-state index in [2.05, 4.69) is 4.98 Å². The smallest absolute Gasteiger partial charge is 0.331 e. The molecule has 1 aliphatic heterocycles. The van der Waals surface area contributed by atoms with Gasteiger partial charge in [-0.3, -0.25) is 4.79 Å². The van der Waals surface area contributed by atoms with Gasteiger partial charge in [-0.05, 0) is 5.56 Å². The van der Waals surface area contributed by atoms with E-state index >= 15 is 0 Å². The molecule has 0 aliphatic carbocycles. The second-order valence-corrected chi connectivity index (χ2v) is 6.05. The normalized spacial score (nSPS) is 27.9. The highest BCUT2D eigenvalue weighted by atomic mass is 16.6. The SMILES string of the molecule is N#Cc1c(-c2ccccc2)[nH]c(=O)n(C2OC(CO)C(O)C(O)C2O)c1=O. The van der Waals surface area contributed by atoms with Gasteiger partial charge in [0.05, 0.1) is 12.3 Å². The van der Waals surface area contributed by atoms with Crippen LogP contribution in [0.5, 0.6) is 0 Å². The first-order valence-electron chi connectivity index (χ1n) is 8.05. The monoisotopic (exact) mass is 375 g/mol. The maximum atomic E-state index is 12.8. The summed E-state index contributed by atoms with van der Waals surface area (Å²) in [6, 6.07) is 9.98. The van der Waals surface area contributed by atoms with Crippen molar-refractivity contribution in [2.45, 2.75) is 30.6 Å². The summed E-state index contributed by atoms with van der Waals surface area (Å²) in [5, 5.41) is 48.6. The summed E-state index contributed by atoms with van der Waals surface area (Å²) in [5.41, 5.74) is -1.97. The van der Waals surface area contributed by atoms with Crippen molar-refractivity contribution < 1.29 is 25.2 Å². The Labute approximate surface area is 152 Å². The largest absolute Gasteiger partial charge is 0.394 e. The van der Waals surface area contributed by atoms with E-state index in [1.807, 2.05) is 0 Å². The molecular formula is C17H17N3O7. The maximum absolute atomic E-state index is 12.8. The van der Waals surface area contributed by atoms with Crippen LogP contribution in [-0.2, 0) is 4.74 Å². The number of aromatic amines is 1. The van der Waals surface area contributed by atoms with E-state index in [-0.39, 0.29) is 5.69 Å². The molecule has 2 aromatic rings. The Kier molecular flexibility index (Phi) is 5.22. The molecule has 2 heterocycles. The van der Waals surface area contributed by atoms with Crippen LogP contribution in [0.2, 0.25) is 0 Å². The Balaban J connectivity index is 2.17. The Bertz CT molecular complexity index is 977. The summed E-state index contributed by atoms with van der Waals surface area (Å²) >= 11 is 0. The van der Waals surface area contributed by atoms with Crippen molar-refractivity contribution in [3.8, 4) is 17.3 Å². The van der Waals surface area contributed by atoms with Crippen LogP contribution < -0.4 is 11.2 Å². The summed E-state index contributed by atoms with van der Waals surface area (Å²) in [6.07, 6.45) is -8.26. The van der Waals surface area contributed by atoms with E-state index in [4.69, 9.17) is 4.74 Å². The average Bonchev–Trinajstić information content (AvgIpc) is 2.68. The molecular weight excluding hydrogens is 358 g/mol. The molecule has 3 rings (SSSR count). The van der Waals surface area contributed by atoms with Crippen molar-refractivity contribution >= 4 is 0 Å². The molecule has 1 fully saturated rings. The van der Waals surface area contributed by atoms with Gasteiger partial charge >= 0.3 is 5.69 Å². The lowest BCUT2D eigenvalue weighted by atomic mass is 9.98. The third-order valence-electron chi connectivity index (χ3n) is 4.43. The fraction of sp³-hybridized carbons (Fsp3) is 0.353. The molecule has 10 nitrogen and oxygen atoms in total. The summed E-state index contributed by atoms with van der Waals surface area (Å²) in [5.74, 6) is 0.